The first-order valence-electron chi connectivity index (χ1n) is 7.48. The molecule has 0 radical (unpaired) electrons. The Labute approximate surface area is 138 Å². The van der Waals surface area contributed by atoms with Crippen molar-refractivity contribution in [3.63, 3.8) is 0 Å². The van der Waals surface area contributed by atoms with E-state index in [9.17, 15) is 10.1 Å². The average Bonchev–Trinajstić information content (AvgIpc) is 2.61. The lowest BCUT2D eigenvalue weighted by Gasteiger charge is -2.10. The fraction of sp³-hybridized carbons (Fsp3) is 0.167. The molecular weight excluding hydrogens is 308 g/mol. The van der Waals surface area contributed by atoms with Crippen LogP contribution in [0.3, 0.4) is 0 Å². The van der Waals surface area contributed by atoms with E-state index in [2.05, 4.69) is 4.98 Å². The Balaban J connectivity index is 2.15. The molecule has 3 aromatic rings. The van der Waals surface area contributed by atoms with Gasteiger partial charge in [0.05, 0.1) is 29.9 Å². The third kappa shape index (κ3) is 2.99. The van der Waals surface area contributed by atoms with E-state index < -0.39 is 4.92 Å². The minimum atomic E-state index is -0.424. The third-order valence-electron chi connectivity index (χ3n) is 3.65. The topological polar surface area (TPSA) is 74.5 Å². The minimum Gasteiger partial charge on any atom is -0.497 e. The number of aromatic nitrogens is 1. The Morgan fingerprint density at radius 3 is 2.50 bits per heavy atom. The summed E-state index contributed by atoms with van der Waals surface area (Å²) >= 11 is 0. The average molecular weight is 324 g/mol. The number of hydrogen-bond acceptors (Lipinski definition) is 5. The SMILES string of the molecule is CCOc1cc(-c2ccc(OC)cc2)nc2ccc([N+](=O)[O-])cc12. The van der Waals surface area contributed by atoms with Crippen molar-refractivity contribution in [2.75, 3.05) is 13.7 Å². The van der Waals surface area contributed by atoms with Crippen molar-refractivity contribution in [3.8, 4) is 22.8 Å². The Morgan fingerprint density at radius 1 is 1.12 bits per heavy atom. The summed E-state index contributed by atoms with van der Waals surface area (Å²) in [5.41, 5.74) is 2.32. The van der Waals surface area contributed by atoms with E-state index >= 15 is 0 Å². The maximum Gasteiger partial charge on any atom is 0.270 e. The van der Waals surface area contributed by atoms with Gasteiger partial charge in [0.25, 0.3) is 5.69 Å². The number of methoxy groups -OCH3 is 1. The van der Waals surface area contributed by atoms with Gasteiger partial charge in [0.15, 0.2) is 0 Å². The van der Waals surface area contributed by atoms with Crippen LogP contribution in [0, 0.1) is 10.1 Å². The lowest BCUT2D eigenvalue weighted by Crippen LogP contribution is -1.96. The van der Waals surface area contributed by atoms with Crippen molar-refractivity contribution in [2.24, 2.45) is 0 Å². The van der Waals surface area contributed by atoms with Crippen LogP contribution >= 0.6 is 0 Å². The molecule has 1 heterocycles. The normalized spacial score (nSPS) is 10.6. The summed E-state index contributed by atoms with van der Waals surface area (Å²) in [5, 5.41) is 11.6. The van der Waals surface area contributed by atoms with Crippen LogP contribution in [-0.2, 0) is 0 Å². The van der Waals surface area contributed by atoms with Gasteiger partial charge in [-0.1, -0.05) is 0 Å². The van der Waals surface area contributed by atoms with E-state index in [4.69, 9.17) is 9.47 Å². The zero-order valence-electron chi connectivity index (χ0n) is 13.4. The van der Waals surface area contributed by atoms with E-state index in [1.54, 1.807) is 19.2 Å². The Morgan fingerprint density at radius 2 is 1.88 bits per heavy atom. The molecule has 0 fully saturated rings. The van der Waals surface area contributed by atoms with Crippen LogP contribution in [0.5, 0.6) is 11.5 Å². The molecule has 0 unspecified atom stereocenters. The quantitative estimate of drug-likeness (QED) is 0.519. The van der Waals surface area contributed by atoms with Gasteiger partial charge in [0.1, 0.15) is 11.5 Å². The van der Waals surface area contributed by atoms with Gasteiger partial charge in [-0.05, 0) is 37.3 Å². The molecule has 0 amide bonds. The summed E-state index contributed by atoms with van der Waals surface area (Å²) < 4.78 is 10.8. The zero-order valence-corrected chi connectivity index (χ0v) is 13.4. The van der Waals surface area contributed by atoms with Crippen LogP contribution in [0.2, 0.25) is 0 Å². The summed E-state index contributed by atoms with van der Waals surface area (Å²) in [6, 6.07) is 13.9. The number of nitrogens with zero attached hydrogens (tertiary/aromatic N) is 2. The van der Waals surface area contributed by atoms with Gasteiger partial charge >= 0.3 is 0 Å². The van der Waals surface area contributed by atoms with Gasteiger partial charge < -0.3 is 9.47 Å². The van der Waals surface area contributed by atoms with E-state index in [-0.39, 0.29) is 5.69 Å². The summed E-state index contributed by atoms with van der Waals surface area (Å²) in [4.78, 5) is 15.2. The number of fused-ring (bicyclic) bond motifs is 1. The molecule has 2 aromatic carbocycles. The molecule has 0 saturated carbocycles. The van der Waals surface area contributed by atoms with Gasteiger partial charge in [0.2, 0.25) is 0 Å². The second-order valence-electron chi connectivity index (χ2n) is 5.13. The number of pyridine rings is 1. The molecule has 6 nitrogen and oxygen atoms in total. The highest BCUT2D eigenvalue weighted by atomic mass is 16.6. The number of ether oxygens (including phenoxy) is 2. The number of benzene rings is 2. The smallest absolute Gasteiger partial charge is 0.270 e. The van der Waals surface area contributed by atoms with E-state index in [0.717, 1.165) is 17.0 Å². The largest absolute Gasteiger partial charge is 0.497 e. The summed E-state index contributed by atoms with van der Waals surface area (Å²) in [7, 11) is 1.61. The highest BCUT2D eigenvalue weighted by molar-refractivity contribution is 5.89. The van der Waals surface area contributed by atoms with Crippen LogP contribution in [0.25, 0.3) is 22.2 Å². The van der Waals surface area contributed by atoms with Crippen molar-refractivity contribution in [3.05, 3.63) is 58.6 Å². The van der Waals surface area contributed by atoms with Crippen molar-refractivity contribution < 1.29 is 14.4 Å². The fourth-order valence-electron chi connectivity index (χ4n) is 2.48. The van der Waals surface area contributed by atoms with Crippen molar-refractivity contribution in [2.45, 2.75) is 6.92 Å². The molecule has 0 saturated heterocycles. The van der Waals surface area contributed by atoms with Crippen LogP contribution < -0.4 is 9.47 Å². The molecule has 0 atom stereocenters. The standard InChI is InChI=1S/C18H16N2O4/c1-3-24-18-11-17(12-4-7-14(23-2)8-5-12)19-16-9-6-13(20(21)22)10-15(16)18/h4-11H,3H2,1-2H3. The zero-order chi connectivity index (χ0) is 17.1. The molecule has 24 heavy (non-hydrogen) atoms. The molecule has 0 spiro atoms. The van der Waals surface area contributed by atoms with Crippen LogP contribution in [0.15, 0.2) is 48.5 Å². The molecule has 1 aromatic heterocycles. The Kier molecular flexibility index (Phi) is 4.29. The molecule has 0 aliphatic rings. The second kappa shape index (κ2) is 6.54. The van der Waals surface area contributed by atoms with Gasteiger partial charge in [-0.25, -0.2) is 4.98 Å². The Hall–Kier alpha value is -3.15. The highest BCUT2D eigenvalue weighted by Gasteiger charge is 2.13. The summed E-state index contributed by atoms with van der Waals surface area (Å²) in [6.07, 6.45) is 0. The maximum absolute atomic E-state index is 11.0. The van der Waals surface area contributed by atoms with Crippen molar-refractivity contribution >= 4 is 16.6 Å². The molecular formula is C18H16N2O4. The van der Waals surface area contributed by atoms with E-state index in [1.165, 1.54) is 12.1 Å². The Bertz CT molecular complexity index is 891. The molecule has 122 valence electrons. The predicted octanol–water partition coefficient (Wildman–Crippen LogP) is 4.22. The van der Waals surface area contributed by atoms with Gasteiger partial charge in [0, 0.05) is 29.1 Å². The lowest BCUT2D eigenvalue weighted by molar-refractivity contribution is -0.384. The van der Waals surface area contributed by atoms with E-state index in [0.29, 0.717) is 23.3 Å². The monoisotopic (exact) mass is 324 g/mol. The molecule has 0 aliphatic heterocycles. The van der Waals surface area contributed by atoms with Crippen molar-refractivity contribution in [1.29, 1.82) is 0 Å². The van der Waals surface area contributed by atoms with Gasteiger partial charge in [-0.15, -0.1) is 0 Å². The highest BCUT2D eigenvalue weighted by Crippen LogP contribution is 2.32. The summed E-state index contributed by atoms with van der Waals surface area (Å²) in [6.45, 7) is 2.33. The number of nitro benzene ring substituents is 1. The number of rotatable bonds is 5. The molecule has 0 aliphatic carbocycles. The van der Waals surface area contributed by atoms with Gasteiger partial charge in [-0.3, -0.25) is 10.1 Å². The van der Waals surface area contributed by atoms with Gasteiger partial charge in [-0.2, -0.15) is 0 Å². The number of non-ortho nitro benzene ring substituents is 1. The van der Waals surface area contributed by atoms with Crippen molar-refractivity contribution in [1.82, 2.24) is 4.98 Å². The summed E-state index contributed by atoms with van der Waals surface area (Å²) in [5.74, 6) is 1.34. The minimum absolute atomic E-state index is 0.0162. The molecule has 0 N–H and O–H groups in total. The van der Waals surface area contributed by atoms with E-state index in [1.807, 2.05) is 31.2 Å². The number of hydrogen-bond donors (Lipinski definition) is 0. The first-order chi connectivity index (χ1) is 11.6. The maximum atomic E-state index is 11.0. The third-order valence-corrected chi connectivity index (χ3v) is 3.65. The van der Waals surface area contributed by atoms with Crippen LogP contribution in [0.4, 0.5) is 5.69 Å². The molecule has 3 rings (SSSR count). The van der Waals surface area contributed by atoms with Crippen LogP contribution in [-0.4, -0.2) is 23.6 Å². The first-order valence-corrected chi connectivity index (χ1v) is 7.48. The fourth-order valence-corrected chi connectivity index (χ4v) is 2.48. The lowest BCUT2D eigenvalue weighted by atomic mass is 10.1. The predicted molar refractivity (Wildman–Crippen MR) is 91.6 cm³/mol. The second-order valence-corrected chi connectivity index (χ2v) is 5.13. The van der Waals surface area contributed by atoms with Crippen LogP contribution in [0.1, 0.15) is 6.92 Å². The first kappa shape index (κ1) is 15.7. The number of nitro groups is 1. The molecule has 6 heteroatoms. The molecule has 0 bridgehead atoms.